The molecule has 2 fully saturated rings. The van der Waals surface area contributed by atoms with Gasteiger partial charge in [-0.25, -0.2) is 19.7 Å². The van der Waals surface area contributed by atoms with Gasteiger partial charge in [-0.3, -0.25) is 18.7 Å². The topological polar surface area (TPSA) is 255 Å². The maximum absolute atomic E-state index is 13.3. The highest BCUT2D eigenvalue weighted by Crippen LogP contribution is 2.55. The average Bonchev–Trinajstić information content (AvgIpc) is 4.32. The van der Waals surface area contributed by atoms with Gasteiger partial charge in [0.2, 0.25) is 0 Å². The average molecular weight is 1120 g/mol. The Morgan fingerprint density at radius 3 is 1.94 bits per heavy atom. The summed E-state index contributed by atoms with van der Waals surface area (Å²) < 4.78 is 54.0. The first-order valence-electron chi connectivity index (χ1n) is 25.4. The van der Waals surface area contributed by atoms with Crippen molar-refractivity contribution in [3.05, 3.63) is 203 Å². The van der Waals surface area contributed by atoms with Gasteiger partial charge in [0, 0.05) is 30.2 Å². The molecule has 410 valence electrons. The Morgan fingerprint density at radius 1 is 0.738 bits per heavy atom. The van der Waals surface area contributed by atoms with Crippen LogP contribution in [0.2, 0.25) is 0 Å². The third-order valence-corrected chi connectivity index (χ3v) is 15.9. The van der Waals surface area contributed by atoms with Gasteiger partial charge in [-0.15, -0.1) is 0 Å². The van der Waals surface area contributed by atoms with Gasteiger partial charge in [0.25, 0.3) is 11.8 Å². The van der Waals surface area contributed by atoms with E-state index in [1.54, 1.807) is 73.4 Å². The van der Waals surface area contributed by atoms with Gasteiger partial charge in [0.1, 0.15) is 53.9 Å². The van der Waals surface area contributed by atoms with Crippen molar-refractivity contribution < 1.29 is 52.0 Å². The van der Waals surface area contributed by atoms with Crippen molar-refractivity contribution >= 4 is 53.1 Å². The molecule has 0 bridgehead atoms. The number of nitrogens with zero attached hydrogens (tertiary/aromatic N) is 7. The van der Waals surface area contributed by atoms with Gasteiger partial charge in [0.15, 0.2) is 17.0 Å². The van der Waals surface area contributed by atoms with E-state index in [4.69, 9.17) is 49.1 Å². The number of methoxy groups -OCH3 is 2. The second-order valence-electron chi connectivity index (χ2n) is 18.4. The highest BCUT2D eigenvalue weighted by molar-refractivity contribution is 8.07. The van der Waals surface area contributed by atoms with E-state index in [0.717, 1.165) is 16.7 Å². The SMILES string of the molecule is COc1ccc(C(OC[C@H]2O[C@@H](n3cnc4c(NC(=O)c5ccccc5)ncnc43)C[C@@H]2OP(=S)(OCCC#N)OC[C@H]2O[C@@H](n3ccc(NC(=O)c4ccccc4)nc3=O)C[C@@H]2O)(c2ccccc2)c2ccc(OC)cc2)cc1. The summed E-state index contributed by atoms with van der Waals surface area (Å²) in [5.74, 6) is 0.655. The first-order chi connectivity index (χ1) is 39.0. The fraction of sp³-hybridized carbons (Fsp3) is 0.263. The summed E-state index contributed by atoms with van der Waals surface area (Å²) in [6.45, 7) is -4.56. The minimum atomic E-state index is -3.91. The van der Waals surface area contributed by atoms with Crippen molar-refractivity contribution in [2.75, 3.05) is 44.7 Å². The molecule has 0 saturated carbocycles. The Labute approximate surface area is 464 Å². The summed E-state index contributed by atoms with van der Waals surface area (Å²) in [6.07, 6.45) is -1.57. The Kier molecular flexibility index (Phi) is 17.2. The van der Waals surface area contributed by atoms with E-state index in [0.29, 0.717) is 33.8 Å². The van der Waals surface area contributed by atoms with Crippen LogP contribution < -0.4 is 25.8 Å². The lowest BCUT2D eigenvalue weighted by molar-refractivity contribution is -0.0928. The maximum Gasteiger partial charge on any atom is 0.351 e. The third-order valence-electron chi connectivity index (χ3n) is 13.5. The summed E-state index contributed by atoms with van der Waals surface area (Å²) in [5, 5.41) is 26.4. The lowest BCUT2D eigenvalue weighted by Gasteiger charge is -2.37. The Morgan fingerprint density at radius 2 is 1.32 bits per heavy atom. The number of aliphatic hydroxyl groups excluding tert-OH is 1. The number of carbonyl (C=O) groups is 2. The fourth-order valence-corrected chi connectivity index (χ4v) is 11.6. The molecule has 5 heterocycles. The number of hydrogen-bond acceptors (Lipinski definition) is 18. The Balaban J connectivity index is 0.951. The van der Waals surface area contributed by atoms with Crippen LogP contribution in [0.4, 0.5) is 11.6 Å². The van der Waals surface area contributed by atoms with E-state index < -0.39 is 66.7 Å². The van der Waals surface area contributed by atoms with Gasteiger partial charge < -0.3 is 53.0 Å². The molecule has 8 aromatic rings. The van der Waals surface area contributed by atoms with Crippen LogP contribution in [0.5, 0.6) is 11.5 Å². The van der Waals surface area contributed by atoms with Crippen LogP contribution in [0.25, 0.3) is 11.2 Å². The van der Waals surface area contributed by atoms with Crippen molar-refractivity contribution in [1.82, 2.24) is 29.1 Å². The predicted molar refractivity (Wildman–Crippen MR) is 295 cm³/mol. The van der Waals surface area contributed by atoms with Crippen LogP contribution >= 0.6 is 6.72 Å². The van der Waals surface area contributed by atoms with E-state index in [9.17, 15) is 24.8 Å². The molecule has 5 aromatic carbocycles. The zero-order chi connectivity index (χ0) is 55.6. The number of anilines is 2. The number of nitriles is 1. The summed E-state index contributed by atoms with van der Waals surface area (Å²) in [4.78, 5) is 57.0. The van der Waals surface area contributed by atoms with Crippen LogP contribution in [0.1, 0.15) is 69.1 Å². The van der Waals surface area contributed by atoms with Crippen LogP contribution in [0.3, 0.4) is 0 Å². The fourth-order valence-electron chi connectivity index (χ4n) is 9.48. The molecule has 2 aliphatic rings. The summed E-state index contributed by atoms with van der Waals surface area (Å²) >= 11 is 6.15. The number of hydrogen-bond donors (Lipinski definition) is 3. The molecule has 0 aliphatic carbocycles. The zero-order valence-electron chi connectivity index (χ0n) is 43.2. The molecule has 0 spiro atoms. The van der Waals surface area contributed by atoms with Crippen molar-refractivity contribution in [3.8, 4) is 17.6 Å². The molecule has 2 amide bonds. The quantitative estimate of drug-likeness (QED) is 0.0329. The summed E-state index contributed by atoms with van der Waals surface area (Å²) in [5.41, 5.74) is 1.74. The number of aliphatic hydroxyl groups is 1. The van der Waals surface area contributed by atoms with Gasteiger partial charge in [-0.05, 0) is 83.1 Å². The van der Waals surface area contributed by atoms with Gasteiger partial charge in [-0.1, -0.05) is 91.0 Å². The standard InChI is InChI=1S/C57H54N9O12PS/c1-71-42-23-19-40(20-24-42)57(39-17-10-5-11-18-39,41-21-25-43(72-2)26-22-41)73-33-47-45(32-50(77-47)66-36-61-51-52(59-35-60-53(51)66)64-55(69)38-15-8-4-9-16-38)78-79(80,74-30-12-28-58)75-34-46-44(67)31-49(76-46)65-29-27-48(63-56(65)70)62-54(68)37-13-6-3-7-14-37/h3-11,13-27,29,35-36,44-47,49-50,67H,12,30-34H2,1-2H3,(H,59,60,64,69)(H,62,63,68,70)/t44-,45-,46+,47+,49+,50+,79?/m0/s1. The maximum atomic E-state index is 13.3. The number of amides is 2. The highest BCUT2D eigenvalue weighted by Gasteiger charge is 2.46. The normalized spacial score (nSPS) is 19.7. The Hall–Kier alpha value is -8.07. The zero-order valence-corrected chi connectivity index (χ0v) is 44.9. The van der Waals surface area contributed by atoms with Crippen molar-refractivity contribution in [3.63, 3.8) is 0 Å². The monoisotopic (exact) mass is 1120 g/mol. The summed E-state index contributed by atoms with van der Waals surface area (Å²) in [7, 11) is 3.19. The molecule has 10 rings (SSSR count). The molecule has 2 saturated heterocycles. The lowest BCUT2D eigenvalue weighted by atomic mass is 9.80. The van der Waals surface area contributed by atoms with E-state index >= 15 is 0 Å². The Bertz CT molecular complexity index is 3530. The number of benzene rings is 5. The van der Waals surface area contributed by atoms with Crippen molar-refractivity contribution in [1.29, 1.82) is 5.26 Å². The van der Waals surface area contributed by atoms with E-state index in [2.05, 4.69) is 36.6 Å². The molecule has 0 radical (unpaired) electrons. The number of ether oxygens (including phenoxy) is 5. The minimum absolute atomic E-state index is 0.0203. The first-order valence-corrected chi connectivity index (χ1v) is 27.9. The van der Waals surface area contributed by atoms with E-state index in [-0.39, 0.29) is 50.7 Å². The third kappa shape index (κ3) is 12.2. The molecular weight excluding hydrogens is 1070 g/mol. The van der Waals surface area contributed by atoms with Crippen molar-refractivity contribution in [2.45, 2.75) is 61.7 Å². The number of nitrogens with one attached hydrogen (secondary N) is 2. The predicted octanol–water partition coefficient (Wildman–Crippen LogP) is 8.11. The largest absolute Gasteiger partial charge is 0.497 e. The molecule has 23 heteroatoms. The number of imidazole rings is 1. The molecule has 2 aliphatic heterocycles. The minimum Gasteiger partial charge on any atom is -0.497 e. The van der Waals surface area contributed by atoms with Crippen LogP contribution in [0, 0.1) is 11.3 Å². The molecule has 3 aromatic heterocycles. The number of aromatic nitrogens is 6. The summed E-state index contributed by atoms with van der Waals surface area (Å²) in [6, 6.07) is 45.6. The van der Waals surface area contributed by atoms with Crippen LogP contribution in [0.15, 0.2) is 169 Å². The highest BCUT2D eigenvalue weighted by atomic mass is 32.5. The molecular formula is C57H54N9O12PS. The van der Waals surface area contributed by atoms with Crippen molar-refractivity contribution in [2.24, 2.45) is 0 Å². The number of carbonyl (C=O) groups excluding carboxylic acids is 2. The second-order valence-corrected chi connectivity index (χ2v) is 21.4. The second kappa shape index (κ2) is 24.9. The number of rotatable bonds is 22. The van der Waals surface area contributed by atoms with E-state index in [1.807, 2.05) is 84.9 Å². The molecule has 7 atom stereocenters. The van der Waals surface area contributed by atoms with E-state index in [1.165, 1.54) is 29.5 Å². The molecule has 21 nitrogen and oxygen atoms in total. The smallest absolute Gasteiger partial charge is 0.351 e. The number of fused-ring (bicyclic) bond motifs is 1. The lowest BCUT2D eigenvalue weighted by Crippen LogP contribution is -2.38. The van der Waals surface area contributed by atoms with Gasteiger partial charge in [0.05, 0.1) is 65.1 Å². The van der Waals surface area contributed by atoms with Crippen LogP contribution in [-0.2, 0) is 45.2 Å². The van der Waals surface area contributed by atoms with Gasteiger partial charge >= 0.3 is 12.4 Å². The van der Waals surface area contributed by atoms with Crippen LogP contribution in [-0.4, -0.2) is 104 Å². The van der Waals surface area contributed by atoms with Gasteiger partial charge in [-0.2, -0.15) is 10.2 Å². The molecule has 1 unspecified atom stereocenters. The molecule has 3 N–H and O–H groups in total. The first kappa shape index (κ1) is 55.3. The molecule has 80 heavy (non-hydrogen) atoms.